The van der Waals surface area contributed by atoms with E-state index in [1.807, 2.05) is 0 Å². The predicted molar refractivity (Wildman–Crippen MR) is 61.2 cm³/mol. The van der Waals surface area contributed by atoms with E-state index in [9.17, 15) is 9.90 Å². The van der Waals surface area contributed by atoms with Gasteiger partial charge in [-0.05, 0) is 25.8 Å². The summed E-state index contributed by atoms with van der Waals surface area (Å²) in [5.41, 5.74) is 1.98. The molecule has 2 heterocycles. The van der Waals surface area contributed by atoms with Gasteiger partial charge in [-0.15, -0.1) is 0 Å². The molecule has 0 amide bonds. The third kappa shape index (κ3) is 2.02. The molecule has 3 rings (SSSR count). The molecule has 1 fully saturated rings. The molecular weight excluding hydrogens is 218 g/mol. The van der Waals surface area contributed by atoms with Gasteiger partial charge >= 0.3 is 5.97 Å². The zero-order valence-electron chi connectivity index (χ0n) is 9.57. The zero-order valence-corrected chi connectivity index (χ0v) is 9.57. The van der Waals surface area contributed by atoms with Crippen LogP contribution in [0.3, 0.4) is 0 Å². The summed E-state index contributed by atoms with van der Waals surface area (Å²) in [6.07, 6.45) is 3.70. The number of fused-ring (bicyclic) bond motifs is 1. The normalized spacial score (nSPS) is 19.5. The molecule has 0 unspecified atom stereocenters. The highest BCUT2D eigenvalue weighted by Gasteiger charge is 2.30. The van der Waals surface area contributed by atoms with Crippen molar-refractivity contribution >= 4 is 5.97 Å². The fourth-order valence-electron chi connectivity index (χ4n) is 2.27. The predicted octanol–water partition coefficient (Wildman–Crippen LogP) is 0.740. The summed E-state index contributed by atoms with van der Waals surface area (Å²) in [7, 11) is 0. The molecule has 1 aliphatic heterocycles. The summed E-state index contributed by atoms with van der Waals surface area (Å²) >= 11 is 0. The summed E-state index contributed by atoms with van der Waals surface area (Å²) in [5.74, 6) is 0.213. The maximum Gasteiger partial charge on any atom is 0.354 e. The molecule has 0 radical (unpaired) electrons. The van der Waals surface area contributed by atoms with Gasteiger partial charge < -0.3 is 10.4 Å². The van der Waals surface area contributed by atoms with Crippen molar-refractivity contribution in [2.45, 2.75) is 31.6 Å². The molecule has 1 saturated carbocycles. The zero-order chi connectivity index (χ0) is 11.8. The van der Waals surface area contributed by atoms with Crippen LogP contribution in [0.4, 0.5) is 0 Å². The number of nitrogens with zero attached hydrogens (tertiary/aromatic N) is 2. The monoisotopic (exact) mass is 233 g/mol. The van der Waals surface area contributed by atoms with Crippen LogP contribution in [0.2, 0.25) is 0 Å². The van der Waals surface area contributed by atoms with Gasteiger partial charge in [0.15, 0.2) is 5.69 Å². The minimum atomic E-state index is -0.924. The van der Waals surface area contributed by atoms with Gasteiger partial charge in [-0.25, -0.2) is 14.8 Å². The first kappa shape index (κ1) is 10.7. The van der Waals surface area contributed by atoms with Crippen LogP contribution in [-0.2, 0) is 12.8 Å². The largest absolute Gasteiger partial charge is 0.477 e. The van der Waals surface area contributed by atoms with Gasteiger partial charge in [0.1, 0.15) is 5.82 Å². The Morgan fingerprint density at radius 1 is 1.24 bits per heavy atom. The quantitative estimate of drug-likeness (QED) is 0.788. The van der Waals surface area contributed by atoms with Crippen LogP contribution in [0.1, 0.15) is 46.3 Å². The average molecular weight is 233 g/mol. The lowest BCUT2D eigenvalue weighted by molar-refractivity contribution is 0.0688. The summed E-state index contributed by atoms with van der Waals surface area (Å²) in [5, 5.41) is 12.5. The second-order valence-electron chi connectivity index (χ2n) is 4.69. The van der Waals surface area contributed by atoms with Gasteiger partial charge in [0, 0.05) is 30.1 Å². The van der Waals surface area contributed by atoms with Gasteiger partial charge in [-0.2, -0.15) is 0 Å². The van der Waals surface area contributed by atoms with Gasteiger partial charge in [0.25, 0.3) is 0 Å². The topological polar surface area (TPSA) is 75.1 Å². The highest BCUT2D eigenvalue weighted by molar-refractivity contribution is 5.87. The number of carboxylic acid groups (broad SMARTS) is 1. The highest BCUT2D eigenvalue weighted by atomic mass is 16.4. The van der Waals surface area contributed by atoms with Crippen LogP contribution in [0.15, 0.2) is 0 Å². The highest BCUT2D eigenvalue weighted by Crippen LogP contribution is 2.38. The van der Waals surface area contributed by atoms with E-state index in [2.05, 4.69) is 15.3 Å². The number of carbonyl (C=O) groups is 1. The molecule has 0 aromatic carbocycles. The second-order valence-corrected chi connectivity index (χ2v) is 4.69. The Kier molecular flexibility index (Phi) is 2.55. The number of rotatable bonds is 2. The van der Waals surface area contributed by atoms with E-state index in [-0.39, 0.29) is 5.69 Å². The number of aromatic carboxylic acids is 1. The van der Waals surface area contributed by atoms with E-state index >= 15 is 0 Å². The first-order chi connectivity index (χ1) is 8.25. The smallest absolute Gasteiger partial charge is 0.354 e. The fourth-order valence-corrected chi connectivity index (χ4v) is 2.27. The summed E-state index contributed by atoms with van der Waals surface area (Å²) in [6, 6.07) is 0. The van der Waals surface area contributed by atoms with Crippen LogP contribution in [0.25, 0.3) is 0 Å². The maximum atomic E-state index is 11.3. The first-order valence-electron chi connectivity index (χ1n) is 6.09. The Bertz CT molecular complexity index is 469. The van der Waals surface area contributed by atoms with Crippen molar-refractivity contribution in [1.82, 2.24) is 15.3 Å². The van der Waals surface area contributed by atoms with Crippen LogP contribution < -0.4 is 5.32 Å². The van der Waals surface area contributed by atoms with E-state index in [0.717, 1.165) is 49.4 Å². The van der Waals surface area contributed by atoms with Crippen molar-refractivity contribution in [2.24, 2.45) is 0 Å². The third-order valence-corrected chi connectivity index (χ3v) is 3.35. The first-order valence-corrected chi connectivity index (χ1v) is 6.09. The Labute approximate surface area is 99.3 Å². The lowest BCUT2D eigenvalue weighted by Gasteiger charge is -2.09. The number of hydrogen-bond acceptors (Lipinski definition) is 4. The fraction of sp³-hybridized carbons (Fsp3) is 0.583. The molecule has 1 aromatic rings. The van der Waals surface area contributed by atoms with Crippen LogP contribution in [0.5, 0.6) is 0 Å². The van der Waals surface area contributed by atoms with E-state index in [1.165, 1.54) is 0 Å². The molecule has 0 atom stereocenters. The van der Waals surface area contributed by atoms with Gasteiger partial charge in [0.2, 0.25) is 0 Å². The molecule has 17 heavy (non-hydrogen) atoms. The SMILES string of the molecule is O=C(O)c1nc(C2CC2)nc2c1CCNCC2. The van der Waals surface area contributed by atoms with Gasteiger partial charge in [0.05, 0.1) is 0 Å². The van der Waals surface area contributed by atoms with E-state index in [0.29, 0.717) is 12.3 Å². The molecule has 2 aliphatic rings. The summed E-state index contributed by atoms with van der Waals surface area (Å²) < 4.78 is 0. The molecule has 0 spiro atoms. The lowest BCUT2D eigenvalue weighted by atomic mass is 10.1. The molecule has 5 heteroatoms. The Hall–Kier alpha value is -1.49. The van der Waals surface area contributed by atoms with Crippen molar-refractivity contribution in [1.29, 1.82) is 0 Å². The number of hydrogen-bond donors (Lipinski definition) is 2. The molecule has 1 aliphatic carbocycles. The molecule has 2 N–H and O–H groups in total. The van der Waals surface area contributed by atoms with Crippen LogP contribution in [0, 0.1) is 0 Å². The van der Waals surface area contributed by atoms with E-state index in [1.54, 1.807) is 0 Å². The van der Waals surface area contributed by atoms with Gasteiger partial charge in [-0.3, -0.25) is 0 Å². The molecule has 90 valence electrons. The van der Waals surface area contributed by atoms with Crippen LogP contribution >= 0.6 is 0 Å². The van der Waals surface area contributed by atoms with Crippen LogP contribution in [-0.4, -0.2) is 34.1 Å². The van der Waals surface area contributed by atoms with E-state index in [4.69, 9.17) is 0 Å². The van der Waals surface area contributed by atoms with Gasteiger partial charge in [-0.1, -0.05) is 0 Å². The Balaban J connectivity index is 2.10. The second kappa shape index (κ2) is 4.07. The number of aromatic nitrogens is 2. The molecule has 5 nitrogen and oxygen atoms in total. The van der Waals surface area contributed by atoms with E-state index < -0.39 is 5.97 Å². The minimum absolute atomic E-state index is 0.223. The van der Waals surface area contributed by atoms with Crippen molar-refractivity contribution in [3.63, 3.8) is 0 Å². The average Bonchev–Trinajstić information content (AvgIpc) is 3.13. The summed E-state index contributed by atoms with van der Waals surface area (Å²) in [4.78, 5) is 20.1. The molecular formula is C12H15N3O2. The summed E-state index contributed by atoms with van der Waals surface area (Å²) in [6.45, 7) is 1.67. The standard InChI is InChI=1S/C12H15N3O2/c16-12(17)10-8-3-5-13-6-4-9(8)14-11(15-10)7-1-2-7/h7,13H,1-6H2,(H,16,17). The third-order valence-electron chi connectivity index (χ3n) is 3.35. The molecule has 0 bridgehead atoms. The Morgan fingerprint density at radius 2 is 2.00 bits per heavy atom. The lowest BCUT2D eigenvalue weighted by Crippen LogP contribution is -2.16. The minimum Gasteiger partial charge on any atom is -0.477 e. The van der Waals surface area contributed by atoms with Crippen molar-refractivity contribution in [3.05, 3.63) is 22.8 Å². The number of nitrogens with one attached hydrogen (secondary N) is 1. The maximum absolute atomic E-state index is 11.3. The molecule has 0 saturated heterocycles. The van der Waals surface area contributed by atoms with Crippen molar-refractivity contribution in [2.75, 3.05) is 13.1 Å². The van der Waals surface area contributed by atoms with Crippen molar-refractivity contribution in [3.8, 4) is 0 Å². The number of carboxylic acids is 1. The Morgan fingerprint density at radius 3 is 2.71 bits per heavy atom. The van der Waals surface area contributed by atoms with Crippen molar-refractivity contribution < 1.29 is 9.90 Å². The molecule has 1 aromatic heterocycles.